The zero-order valence-corrected chi connectivity index (χ0v) is 18.5. The summed E-state index contributed by atoms with van der Waals surface area (Å²) < 4.78 is 45.8. The first-order valence-electron chi connectivity index (χ1n) is 11.2. The van der Waals surface area contributed by atoms with E-state index < -0.39 is 16.0 Å². The molecule has 2 N–H and O–H groups in total. The Labute approximate surface area is 179 Å². The Morgan fingerprint density at radius 1 is 0.967 bits per heavy atom. The lowest BCUT2D eigenvalue weighted by atomic mass is 9.97. The van der Waals surface area contributed by atoms with Crippen LogP contribution in [0.2, 0.25) is 0 Å². The summed E-state index contributed by atoms with van der Waals surface area (Å²) in [5, 5.41) is 3.04. The molecule has 1 spiro atoms. The molecule has 4 rings (SSSR count). The van der Waals surface area contributed by atoms with Gasteiger partial charge in [-0.3, -0.25) is 4.79 Å². The largest absolute Gasteiger partial charge is 0.370 e. The zero-order chi connectivity index (χ0) is 21.0. The van der Waals surface area contributed by atoms with E-state index in [1.165, 1.54) is 13.5 Å². The monoisotopic (exact) mass is 447 g/mol. The Hall–Kier alpha value is -0.820. The number of rotatable bonds is 6. The molecule has 10 nitrogen and oxygen atoms in total. The normalized spacial score (nSPS) is 27.5. The van der Waals surface area contributed by atoms with Crippen LogP contribution in [0.5, 0.6) is 0 Å². The highest BCUT2D eigenvalue weighted by atomic mass is 32.2. The number of nitrogens with zero attached hydrogens (tertiary/aromatic N) is 2. The Kier molecular flexibility index (Phi) is 7.28. The predicted molar refractivity (Wildman–Crippen MR) is 108 cm³/mol. The van der Waals surface area contributed by atoms with Crippen LogP contribution >= 0.6 is 0 Å². The van der Waals surface area contributed by atoms with Crippen molar-refractivity contribution in [3.05, 3.63) is 0 Å². The van der Waals surface area contributed by atoms with Crippen LogP contribution in [0.1, 0.15) is 25.7 Å². The summed E-state index contributed by atoms with van der Waals surface area (Å²) in [6.45, 7) is 7.88. The number of amides is 1. The van der Waals surface area contributed by atoms with Gasteiger partial charge >= 0.3 is 0 Å². The maximum Gasteiger partial charge on any atom is 0.281 e. The molecule has 0 bridgehead atoms. The van der Waals surface area contributed by atoms with Crippen LogP contribution < -0.4 is 10.2 Å². The SMILES string of the molecule is O=C(NCC[NH+]1CCOCC1)C1CCN(S(=O)(=O)N2CCC3(CC2)OCCO3)CC1. The van der Waals surface area contributed by atoms with Crippen molar-refractivity contribution in [2.75, 3.05) is 78.8 Å². The third kappa shape index (κ3) is 5.14. The van der Waals surface area contributed by atoms with E-state index in [4.69, 9.17) is 14.2 Å². The molecular weight excluding hydrogens is 412 g/mol. The number of nitrogens with one attached hydrogen (secondary N) is 2. The van der Waals surface area contributed by atoms with Gasteiger partial charge in [0.25, 0.3) is 10.2 Å². The average molecular weight is 448 g/mol. The second-order valence-corrected chi connectivity index (χ2v) is 10.5. The number of ether oxygens (including phenoxy) is 3. The van der Waals surface area contributed by atoms with E-state index in [-0.39, 0.29) is 11.8 Å². The summed E-state index contributed by atoms with van der Waals surface area (Å²) in [7, 11) is -3.50. The molecule has 4 aliphatic heterocycles. The van der Waals surface area contributed by atoms with Crippen LogP contribution in [0.3, 0.4) is 0 Å². The van der Waals surface area contributed by atoms with Crippen molar-refractivity contribution in [3.8, 4) is 0 Å². The number of morpholine rings is 1. The second-order valence-electron chi connectivity index (χ2n) is 8.59. The molecule has 0 atom stereocenters. The lowest BCUT2D eigenvalue weighted by molar-refractivity contribution is -0.906. The fraction of sp³-hybridized carbons (Fsp3) is 0.947. The molecule has 0 saturated carbocycles. The Morgan fingerprint density at radius 2 is 1.57 bits per heavy atom. The summed E-state index contributed by atoms with van der Waals surface area (Å²) in [4.78, 5) is 13.9. The topological polar surface area (TPSA) is 102 Å². The number of carbonyl (C=O) groups excluding carboxylic acids is 1. The number of piperidine rings is 2. The van der Waals surface area contributed by atoms with E-state index in [1.807, 2.05) is 0 Å². The van der Waals surface area contributed by atoms with Gasteiger partial charge in [-0.15, -0.1) is 0 Å². The summed E-state index contributed by atoms with van der Waals surface area (Å²) in [5.74, 6) is -0.642. The first-order valence-corrected chi connectivity index (χ1v) is 12.6. The van der Waals surface area contributed by atoms with Crippen molar-refractivity contribution >= 4 is 16.1 Å². The molecule has 1 amide bonds. The number of hydrogen-bond acceptors (Lipinski definition) is 6. The van der Waals surface area contributed by atoms with Gasteiger partial charge in [0.05, 0.1) is 39.5 Å². The first kappa shape index (κ1) is 22.4. The summed E-state index contributed by atoms with van der Waals surface area (Å²) in [6.07, 6.45) is 2.27. The van der Waals surface area contributed by atoms with Crippen LogP contribution in [-0.4, -0.2) is 108 Å². The predicted octanol–water partition coefficient (Wildman–Crippen LogP) is -2.19. The van der Waals surface area contributed by atoms with Crippen LogP contribution in [0.4, 0.5) is 0 Å². The van der Waals surface area contributed by atoms with Gasteiger partial charge in [-0.05, 0) is 12.8 Å². The maximum absolute atomic E-state index is 13.0. The molecule has 0 unspecified atom stereocenters. The highest BCUT2D eigenvalue weighted by Crippen LogP contribution is 2.33. The van der Waals surface area contributed by atoms with Gasteiger partial charge in [-0.1, -0.05) is 0 Å². The van der Waals surface area contributed by atoms with Gasteiger partial charge in [0.1, 0.15) is 13.1 Å². The fourth-order valence-corrected chi connectivity index (χ4v) is 6.42. The van der Waals surface area contributed by atoms with Gasteiger partial charge < -0.3 is 24.4 Å². The zero-order valence-electron chi connectivity index (χ0n) is 17.6. The Morgan fingerprint density at radius 3 is 2.20 bits per heavy atom. The molecule has 0 aromatic carbocycles. The molecule has 0 aromatic rings. The van der Waals surface area contributed by atoms with Crippen molar-refractivity contribution in [2.24, 2.45) is 5.92 Å². The van der Waals surface area contributed by atoms with Crippen LogP contribution in [0.25, 0.3) is 0 Å². The summed E-state index contributed by atoms with van der Waals surface area (Å²) in [6, 6.07) is 0. The van der Waals surface area contributed by atoms with E-state index in [2.05, 4.69) is 5.32 Å². The van der Waals surface area contributed by atoms with E-state index in [9.17, 15) is 13.2 Å². The van der Waals surface area contributed by atoms with Gasteiger partial charge in [-0.25, -0.2) is 0 Å². The lowest BCUT2D eigenvalue weighted by Gasteiger charge is -2.40. The van der Waals surface area contributed by atoms with Crippen molar-refractivity contribution in [1.29, 1.82) is 0 Å². The van der Waals surface area contributed by atoms with E-state index >= 15 is 0 Å². The molecule has 4 saturated heterocycles. The molecule has 11 heteroatoms. The summed E-state index contributed by atoms with van der Waals surface area (Å²) in [5.41, 5.74) is 0. The fourth-order valence-electron chi connectivity index (χ4n) is 4.77. The minimum atomic E-state index is -3.50. The van der Waals surface area contributed by atoms with Gasteiger partial charge in [0.2, 0.25) is 5.91 Å². The van der Waals surface area contributed by atoms with Crippen LogP contribution in [-0.2, 0) is 29.2 Å². The van der Waals surface area contributed by atoms with Gasteiger partial charge in [-0.2, -0.15) is 17.0 Å². The second kappa shape index (κ2) is 9.76. The minimum Gasteiger partial charge on any atom is -0.370 e. The molecule has 4 fully saturated rings. The van der Waals surface area contributed by atoms with Gasteiger partial charge in [0, 0.05) is 44.9 Å². The molecule has 0 radical (unpaired) electrons. The standard InChI is InChI=1S/C19H34N4O6S/c24-18(20-5-10-21-11-13-27-14-12-21)17-1-6-22(7-2-17)30(25,26)23-8-3-19(4-9-23)28-15-16-29-19/h17H,1-16H2,(H,20,24)/p+1. The summed E-state index contributed by atoms with van der Waals surface area (Å²) >= 11 is 0. The lowest BCUT2D eigenvalue weighted by Crippen LogP contribution is -3.14. The smallest absolute Gasteiger partial charge is 0.281 e. The minimum absolute atomic E-state index is 0.0511. The highest BCUT2D eigenvalue weighted by molar-refractivity contribution is 7.86. The van der Waals surface area contributed by atoms with Crippen molar-refractivity contribution in [2.45, 2.75) is 31.5 Å². The van der Waals surface area contributed by atoms with Crippen molar-refractivity contribution in [3.63, 3.8) is 0 Å². The molecule has 0 aromatic heterocycles. The molecule has 30 heavy (non-hydrogen) atoms. The third-order valence-corrected chi connectivity index (χ3v) is 8.79. The van der Waals surface area contributed by atoms with E-state index in [0.29, 0.717) is 71.6 Å². The Balaban J connectivity index is 1.19. The molecule has 172 valence electrons. The maximum atomic E-state index is 13.0. The number of quaternary nitrogens is 1. The van der Waals surface area contributed by atoms with Crippen LogP contribution in [0.15, 0.2) is 0 Å². The van der Waals surface area contributed by atoms with Crippen LogP contribution in [0, 0.1) is 5.92 Å². The highest BCUT2D eigenvalue weighted by Gasteiger charge is 2.44. The van der Waals surface area contributed by atoms with E-state index in [0.717, 1.165) is 32.8 Å². The molecular formula is C19H35N4O6S+. The molecule has 0 aliphatic carbocycles. The average Bonchev–Trinajstić information content (AvgIpc) is 3.22. The first-order chi connectivity index (χ1) is 14.5. The molecule has 4 heterocycles. The van der Waals surface area contributed by atoms with Crippen molar-refractivity contribution in [1.82, 2.24) is 13.9 Å². The third-order valence-electron chi connectivity index (χ3n) is 6.75. The number of hydrogen-bond donors (Lipinski definition) is 2. The number of carbonyl (C=O) groups is 1. The van der Waals surface area contributed by atoms with Gasteiger partial charge in [0.15, 0.2) is 5.79 Å². The Bertz CT molecular complexity index is 675. The quantitative estimate of drug-likeness (QED) is 0.480. The molecule has 4 aliphatic rings. The van der Waals surface area contributed by atoms with Crippen molar-refractivity contribution < 1.29 is 32.3 Å². The van der Waals surface area contributed by atoms with E-state index in [1.54, 1.807) is 0 Å².